The third kappa shape index (κ3) is 2.93. The van der Waals surface area contributed by atoms with Crippen LogP contribution in [0.3, 0.4) is 0 Å². The van der Waals surface area contributed by atoms with Gasteiger partial charge in [0.05, 0.1) is 6.54 Å². The number of nitrogens with one attached hydrogen (secondary N) is 1. The molecule has 2 aromatic rings. The lowest BCUT2D eigenvalue weighted by atomic mass is 10.1. The molecule has 0 aliphatic carbocycles. The summed E-state index contributed by atoms with van der Waals surface area (Å²) in [5.74, 6) is 0.428. The number of furan rings is 1. The standard InChI is InChI=1S/C14H15FN2O2/c1-8-3-4-11(19-8)7-17-13-6-10(14(16)18)5-12(15)9(13)2/h3-6,17H,7H2,1-2H3,(H2,16,18). The molecule has 4 nitrogen and oxygen atoms in total. The van der Waals surface area contributed by atoms with Gasteiger partial charge in [-0.05, 0) is 38.1 Å². The summed E-state index contributed by atoms with van der Waals surface area (Å²) in [5.41, 5.74) is 6.27. The smallest absolute Gasteiger partial charge is 0.248 e. The fourth-order valence-electron chi connectivity index (χ4n) is 1.77. The first-order chi connectivity index (χ1) is 8.97. The van der Waals surface area contributed by atoms with Crippen molar-refractivity contribution in [2.24, 2.45) is 5.73 Å². The summed E-state index contributed by atoms with van der Waals surface area (Å²) in [6.07, 6.45) is 0. The largest absolute Gasteiger partial charge is 0.465 e. The summed E-state index contributed by atoms with van der Waals surface area (Å²) in [5, 5.41) is 3.04. The van der Waals surface area contributed by atoms with Gasteiger partial charge in [0.1, 0.15) is 17.3 Å². The Morgan fingerprint density at radius 3 is 2.68 bits per heavy atom. The highest BCUT2D eigenvalue weighted by Crippen LogP contribution is 2.21. The van der Waals surface area contributed by atoms with Gasteiger partial charge in [-0.15, -0.1) is 0 Å². The van der Waals surface area contributed by atoms with Gasteiger partial charge >= 0.3 is 0 Å². The van der Waals surface area contributed by atoms with Crippen LogP contribution in [-0.4, -0.2) is 5.91 Å². The molecule has 0 radical (unpaired) electrons. The maximum absolute atomic E-state index is 13.7. The zero-order valence-corrected chi connectivity index (χ0v) is 10.8. The van der Waals surface area contributed by atoms with E-state index >= 15 is 0 Å². The van der Waals surface area contributed by atoms with E-state index in [9.17, 15) is 9.18 Å². The number of hydrogen-bond acceptors (Lipinski definition) is 3. The van der Waals surface area contributed by atoms with Crippen molar-refractivity contribution in [1.29, 1.82) is 0 Å². The second-order valence-electron chi connectivity index (χ2n) is 4.36. The number of benzene rings is 1. The third-order valence-electron chi connectivity index (χ3n) is 2.88. The van der Waals surface area contributed by atoms with E-state index in [0.29, 0.717) is 17.8 Å². The number of rotatable bonds is 4. The number of halogens is 1. The average Bonchev–Trinajstić information content (AvgIpc) is 2.76. The predicted octanol–water partition coefficient (Wildman–Crippen LogP) is 2.75. The van der Waals surface area contributed by atoms with Crippen LogP contribution >= 0.6 is 0 Å². The van der Waals surface area contributed by atoms with Crippen molar-refractivity contribution in [2.45, 2.75) is 20.4 Å². The number of primary amides is 1. The first-order valence-corrected chi connectivity index (χ1v) is 5.86. The molecule has 1 aromatic carbocycles. The lowest BCUT2D eigenvalue weighted by Gasteiger charge is -2.10. The van der Waals surface area contributed by atoms with E-state index in [1.165, 1.54) is 6.07 Å². The molecule has 19 heavy (non-hydrogen) atoms. The van der Waals surface area contributed by atoms with Crippen LogP contribution in [0.5, 0.6) is 0 Å². The van der Waals surface area contributed by atoms with Gasteiger partial charge in [-0.1, -0.05) is 0 Å². The molecule has 2 rings (SSSR count). The fourth-order valence-corrected chi connectivity index (χ4v) is 1.77. The van der Waals surface area contributed by atoms with Gasteiger partial charge in [0, 0.05) is 16.8 Å². The van der Waals surface area contributed by atoms with Crippen LogP contribution in [0.15, 0.2) is 28.7 Å². The van der Waals surface area contributed by atoms with E-state index < -0.39 is 11.7 Å². The lowest BCUT2D eigenvalue weighted by Crippen LogP contribution is -2.13. The number of amides is 1. The van der Waals surface area contributed by atoms with Crippen LogP contribution < -0.4 is 11.1 Å². The molecule has 0 fully saturated rings. The van der Waals surface area contributed by atoms with Gasteiger partial charge in [-0.3, -0.25) is 4.79 Å². The van der Waals surface area contributed by atoms with Gasteiger partial charge in [0.25, 0.3) is 0 Å². The number of carbonyl (C=O) groups excluding carboxylic acids is 1. The highest BCUT2D eigenvalue weighted by molar-refractivity contribution is 5.94. The molecular weight excluding hydrogens is 247 g/mol. The van der Waals surface area contributed by atoms with Gasteiger partial charge < -0.3 is 15.5 Å². The van der Waals surface area contributed by atoms with Crippen molar-refractivity contribution in [3.05, 3.63) is 52.7 Å². The second-order valence-corrected chi connectivity index (χ2v) is 4.36. The normalized spacial score (nSPS) is 10.5. The number of aryl methyl sites for hydroxylation is 1. The second kappa shape index (κ2) is 5.14. The van der Waals surface area contributed by atoms with Crippen molar-refractivity contribution >= 4 is 11.6 Å². The van der Waals surface area contributed by atoms with E-state index in [2.05, 4.69) is 5.32 Å². The zero-order chi connectivity index (χ0) is 14.0. The molecule has 1 heterocycles. The van der Waals surface area contributed by atoms with Crippen LogP contribution in [-0.2, 0) is 6.54 Å². The molecule has 0 atom stereocenters. The van der Waals surface area contributed by atoms with Crippen LogP contribution in [0.4, 0.5) is 10.1 Å². The Morgan fingerprint density at radius 1 is 1.37 bits per heavy atom. The van der Waals surface area contributed by atoms with Crippen molar-refractivity contribution < 1.29 is 13.6 Å². The first kappa shape index (κ1) is 13.1. The molecule has 1 aromatic heterocycles. The Labute approximate surface area is 110 Å². The molecule has 3 N–H and O–H groups in total. The zero-order valence-electron chi connectivity index (χ0n) is 10.8. The van der Waals surface area contributed by atoms with Crippen LogP contribution in [0.25, 0.3) is 0 Å². The Hall–Kier alpha value is -2.30. The Bertz CT molecular complexity index is 620. The molecular formula is C14H15FN2O2. The quantitative estimate of drug-likeness (QED) is 0.890. The van der Waals surface area contributed by atoms with Crippen LogP contribution in [0.1, 0.15) is 27.4 Å². The predicted molar refractivity (Wildman–Crippen MR) is 70.4 cm³/mol. The SMILES string of the molecule is Cc1ccc(CNc2cc(C(N)=O)cc(F)c2C)o1. The number of carbonyl (C=O) groups is 1. The molecule has 0 bridgehead atoms. The summed E-state index contributed by atoms with van der Waals surface area (Å²) in [4.78, 5) is 11.1. The Morgan fingerprint density at radius 2 is 2.11 bits per heavy atom. The van der Waals surface area contributed by atoms with Gasteiger partial charge in [-0.2, -0.15) is 0 Å². The van der Waals surface area contributed by atoms with Crippen molar-refractivity contribution in [2.75, 3.05) is 5.32 Å². The number of anilines is 1. The summed E-state index contributed by atoms with van der Waals surface area (Å²) in [6, 6.07) is 6.37. The van der Waals surface area contributed by atoms with E-state index in [4.69, 9.17) is 10.2 Å². The molecule has 5 heteroatoms. The Balaban J connectivity index is 2.21. The minimum absolute atomic E-state index is 0.140. The summed E-state index contributed by atoms with van der Waals surface area (Å²) < 4.78 is 19.1. The van der Waals surface area contributed by atoms with Gasteiger partial charge in [-0.25, -0.2) is 4.39 Å². The van der Waals surface area contributed by atoms with Crippen molar-refractivity contribution in [3.63, 3.8) is 0 Å². The molecule has 1 amide bonds. The minimum Gasteiger partial charge on any atom is -0.465 e. The Kier molecular flexibility index (Phi) is 3.55. The third-order valence-corrected chi connectivity index (χ3v) is 2.88. The molecule has 0 aliphatic heterocycles. The highest BCUT2D eigenvalue weighted by Gasteiger charge is 2.10. The average molecular weight is 262 g/mol. The van der Waals surface area contributed by atoms with Crippen LogP contribution in [0.2, 0.25) is 0 Å². The number of nitrogens with two attached hydrogens (primary N) is 1. The maximum atomic E-state index is 13.7. The monoisotopic (exact) mass is 262 g/mol. The van der Waals surface area contributed by atoms with Crippen molar-refractivity contribution in [1.82, 2.24) is 0 Å². The summed E-state index contributed by atoms with van der Waals surface area (Å²) >= 11 is 0. The minimum atomic E-state index is -0.657. The summed E-state index contributed by atoms with van der Waals surface area (Å²) in [7, 11) is 0. The molecule has 0 spiro atoms. The highest BCUT2D eigenvalue weighted by atomic mass is 19.1. The van der Waals surface area contributed by atoms with Gasteiger partial charge in [0.2, 0.25) is 5.91 Å². The first-order valence-electron chi connectivity index (χ1n) is 5.86. The van der Waals surface area contributed by atoms with E-state index in [1.54, 1.807) is 6.92 Å². The fraction of sp³-hybridized carbons (Fsp3) is 0.214. The molecule has 0 saturated carbocycles. The number of hydrogen-bond donors (Lipinski definition) is 2. The molecule has 0 saturated heterocycles. The van der Waals surface area contributed by atoms with Crippen LogP contribution in [0, 0.1) is 19.7 Å². The molecule has 0 aliphatic rings. The molecule has 100 valence electrons. The van der Waals surface area contributed by atoms with E-state index in [0.717, 1.165) is 17.6 Å². The van der Waals surface area contributed by atoms with Gasteiger partial charge in [0.15, 0.2) is 0 Å². The maximum Gasteiger partial charge on any atom is 0.248 e. The molecule has 0 unspecified atom stereocenters. The summed E-state index contributed by atoms with van der Waals surface area (Å²) in [6.45, 7) is 3.90. The van der Waals surface area contributed by atoms with E-state index in [-0.39, 0.29) is 5.56 Å². The topological polar surface area (TPSA) is 68.3 Å². The van der Waals surface area contributed by atoms with E-state index in [1.807, 2.05) is 19.1 Å². The van der Waals surface area contributed by atoms with Crippen molar-refractivity contribution in [3.8, 4) is 0 Å². The lowest BCUT2D eigenvalue weighted by molar-refractivity contribution is 0.1000.